The van der Waals surface area contributed by atoms with Crippen LogP contribution in [0, 0.1) is 0 Å². The van der Waals surface area contributed by atoms with Crippen molar-refractivity contribution in [1.29, 1.82) is 0 Å². The predicted molar refractivity (Wildman–Crippen MR) is 116 cm³/mol. The van der Waals surface area contributed by atoms with E-state index in [1.54, 1.807) is 0 Å². The molecule has 29 heavy (non-hydrogen) atoms. The summed E-state index contributed by atoms with van der Waals surface area (Å²) < 4.78 is 6.17. The molecule has 0 fully saturated rings. The van der Waals surface area contributed by atoms with Crippen LogP contribution >= 0.6 is 0 Å². The number of hydrogen-bond donors (Lipinski definition) is 1. The van der Waals surface area contributed by atoms with Gasteiger partial charge in [-0.1, -0.05) is 36.8 Å². The summed E-state index contributed by atoms with van der Waals surface area (Å²) in [4.78, 5) is 10.6. The molecule has 2 aliphatic rings. The van der Waals surface area contributed by atoms with E-state index in [1.807, 2.05) is 12.1 Å². The molecule has 3 nitrogen and oxygen atoms in total. The molecule has 0 aliphatic heterocycles. The number of hydrogen-bond acceptors (Lipinski definition) is 2. The molecule has 0 bridgehead atoms. The molecule has 0 radical (unpaired) electrons. The predicted octanol–water partition coefficient (Wildman–Crippen LogP) is 5.99. The third kappa shape index (κ3) is 5.09. The maximum atomic E-state index is 10.6. The van der Waals surface area contributed by atoms with Crippen LogP contribution < -0.4 is 4.74 Å². The molecule has 0 unspecified atom stereocenters. The highest BCUT2D eigenvalue weighted by Gasteiger charge is 2.18. The average molecular weight is 391 g/mol. The van der Waals surface area contributed by atoms with E-state index in [-0.39, 0.29) is 6.42 Å². The lowest BCUT2D eigenvalue weighted by Crippen LogP contribution is -2.09. The van der Waals surface area contributed by atoms with E-state index < -0.39 is 5.97 Å². The van der Waals surface area contributed by atoms with Gasteiger partial charge >= 0.3 is 5.97 Å². The number of aliphatic carboxylic acids is 1. The van der Waals surface area contributed by atoms with E-state index in [2.05, 4.69) is 30.3 Å². The first-order chi connectivity index (χ1) is 14.2. The summed E-state index contributed by atoms with van der Waals surface area (Å²) >= 11 is 0. The van der Waals surface area contributed by atoms with Gasteiger partial charge in [-0.3, -0.25) is 4.79 Å². The molecule has 152 valence electrons. The van der Waals surface area contributed by atoms with Crippen molar-refractivity contribution in [3.63, 3.8) is 0 Å². The van der Waals surface area contributed by atoms with Gasteiger partial charge in [-0.05, 0) is 96.9 Å². The van der Waals surface area contributed by atoms with E-state index in [4.69, 9.17) is 9.84 Å². The minimum absolute atomic E-state index is 0.220. The van der Waals surface area contributed by atoms with Crippen molar-refractivity contribution < 1.29 is 14.6 Å². The molecule has 2 aliphatic carbocycles. The number of rotatable bonds is 8. The fraction of sp³-hybridized carbons (Fsp3) is 0.423. The van der Waals surface area contributed by atoms with Crippen molar-refractivity contribution in [2.45, 2.75) is 64.2 Å². The zero-order valence-electron chi connectivity index (χ0n) is 17.1. The van der Waals surface area contributed by atoms with Gasteiger partial charge in [-0.2, -0.15) is 0 Å². The van der Waals surface area contributed by atoms with Gasteiger partial charge in [-0.15, -0.1) is 0 Å². The second kappa shape index (κ2) is 9.30. The molecule has 2 aromatic rings. The van der Waals surface area contributed by atoms with Crippen LogP contribution in [-0.2, 0) is 24.1 Å². The second-order valence-electron chi connectivity index (χ2n) is 8.31. The van der Waals surface area contributed by atoms with Gasteiger partial charge in [0.05, 0.1) is 0 Å². The van der Waals surface area contributed by atoms with E-state index in [0.717, 1.165) is 30.6 Å². The number of carboxylic acids is 1. The molecular formula is C26H30O3. The van der Waals surface area contributed by atoms with Crippen LogP contribution in [0.25, 0.3) is 5.57 Å². The third-order valence-electron chi connectivity index (χ3n) is 6.24. The lowest BCUT2D eigenvalue weighted by molar-refractivity contribution is -0.137. The fourth-order valence-corrected chi connectivity index (χ4v) is 4.40. The van der Waals surface area contributed by atoms with Crippen molar-refractivity contribution in [2.75, 3.05) is 6.61 Å². The maximum Gasteiger partial charge on any atom is 0.303 e. The zero-order chi connectivity index (χ0) is 20.1. The van der Waals surface area contributed by atoms with Crippen LogP contribution in [0.1, 0.15) is 67.2 Å². The number of fused-ring (bicyclic) bond motifs is 1. The number of allylic oxidation sites excluding steroid dienone is 1. The van der Waals surface area contributed by atoms with Gasteiger partial charge in [0.15, 0.2) is 0 Å². The molecule has 3 heteroatoms. The monoisotopic (exact) mass is 390 g/mol. The van der Waals surface area contributed by atoms with Crippen molar-refractivity contribution in [1.82, 2.24) is 0 Å². The summed E-state index contributed by atoms with van der Waals surface area (Å²) in [6, 6.07) is 15.2. The number of ether oxygens (including phenoxy) is 1. The Morgan fingerprint density at radius 3 is 2.41 bits per heavy atom. The van der Waals surface area contributed by atoms with Gasteiger partial charge in [0.2, 0.25) is 0 Å². The minimum atomic E-state index is -0.731. The van der Waals surface area contributed by atoms with Crippen LogP contribution in [0.5, 0.6) is 5.75 Å². The quantitative estimate of drug-likeness (QED) is 0.602. The summed E-state index contributed by atoms with van der Waals surface area (Å²) in [7, 11) is 0. The van der Waals surface area contributed by atoms with Crippen molar-refractivity contribution in [3.8, 4) is 5.75 Å². The van der Waals surface area contributed by atoms with Gasteiger partial charge in [0.1, 0.15) is 12.4 Å². The van der Waals surface area contributed by atoms with Crippen LogP contribution in [-0.4, -0.2) is 17.7 Å². The van der Waals surface area contributed by atoms with Gasteiger partial charge < -0.3 is 9.84 Å². The average Bonchev–Trinajstić information content (AvgIpc) is 2.94. The molecule has 2 aromatic carbocycles. The standard InChI is InChI=1S/C26H30O3/c27-26(28)8-4-5-19-9-15-24(16-10-19)29-18-23-6-2-1-3-7-25(23)22-14-12-20-11-13-21(20)17-22/h9-10,12,14-17H,1-8,11,13,18H2,(H,27,28). The highest BCUT2D eigenvalue weighted by Crippen LogP contribution is 2.34. The largest absolute Gasteiger partial charge is 0.489 e. The molecular weight excluding hydrogens is 360 g/mol. The van der Waals surface area contributed by atoms with Crippen LogP contribution in [0.15, 0.2) is 48.0 Å². The second-order valence-corrected chi connectivity index (χ2v) is 8.31. The maximum absolute atomic E-state index is 10.6. The van der Waals surface area contributed by atoms with Crippen LogP contribution in [0.3, 0.4) is 0 Å². The Bertz CT molecular complexity index is 893. The lowest BCUT2D eigenvalue weighted by Gasteiger charge is -2.21. The Balaban J connectivity index is 1.42. The number of carboxylic acid groups (broad SMARTS) is 1. The first-order valence-electron chi connectivity index (χ1n) is 11.0. The zero-order valence-corrected chi connectivity index (χ0v) is 17.1. The molecule has 4 rings (SSSR count). The molecule has 0 atom stereocenters. The van der Waals surface area contributed by atoms with E-state index in [1.165, 1.54) is 59.9 Å². The molecule has 0 aromatic heterocycles. The van der Waals surface area contributed by atoms with Gasteiger partial charge in [-0.25, -0.2) is 0 Å². The summed E-state index contributed by atoms with van der Waals surface area (Å²) in [5, 5.41) is 8.76. The Kier molecular flexibility index (Phi) is 6.33. The summed E-state index contributed by atoms with van der Waals surface area (Å²) in [6.45, 7) is 0.658. The molecule has 0 saturated heterocycles. The highest BCUT2D eigenvalue weighted by atomic mass is 16.5. The van der Waals surface area contributed by atoms with Crippen molar-refractivity contribution >= 4 is 11.5 Å². The topological polar surface area (TPSA) is 46.5 Å². The van der Waals surface area contributed by atoms with Crippen LogP contribution in [0.2, 0.25) is 0 Å². The van der Waals surface area contributed by atoms with Gasteiger partial charge in [0, 0.05) is 6.42 Å². The Hall–Kier alpha value is -2.55. The van der Waals surface area contributed by atoms with E-state index >= 15 is 0 Å². The lowest BCUT2D eigenvalue weighted by atomic mass is 9.84. The van der Waals surface area contributed by atoms with Crippen LogP contribution in [0.4, 0.5) is 0 Å². The first kappa shape index (κ1) is 19.8. The SMILES string of the molecule is O=C(O)CCCc1ccc(OCC2=C(c3ccc4c(c3)CC4)CCCCC2)cc1. The summed E-state index contributed by atoms with van der Waals surface area (Å²) in [6.07, 6.45) is 10.2. The van der Waals surface area contributed by atoms with E-state index in [9.17, 15) is 4.79 Å². The molecule has 0 spiro atoms. The normalized spacial score (nSPS) is 16.0. The molecule has 1 N–H and O–H groups in total. The Morgan fingerprint density at radius 2 is 1.69 bits per heavy atom. The Labute approximate surface area is 173 Å². The minimum Gasteiger partial charge on any atom is -0.489 e. The number of benzene rings is 2. The number of carbonyl (C=O) groups is 1. The highest BCUT2D eigenvalue weighted by molar-refractivity contribution is 5.70. The Morgan fingerprint density at radius 1 is 0.897 bits per heavy atom. The molecule has 0 saturated carbocycles. The summed E-state index contributed by atoms with van der Waals surface area (Å²) in [5.74, 6) is 0.158. The first-order valence-corrected chi connectivity index (χ1v) is 11.0. The summed E-state index contributed by atoms with van der Waals surface area (Å²) in [5.41, 5.74) is 8.56. The smallest absolute Gasteiger partial charge is 0.303 e. The fourth-order valence-electron chi connectivity index (χ4n) is 4.40. The van der Waals surface area contributed by atoms with E-state index in [0.29, 0.717) is 13.0 Å². The van der Waals surface area contributed by atoms with Crippen molar-refractivity contribution in [3.05, 3.63) is 70.3 Å². The van der Waals surface area contributed by atoms with Crippen molar-refractivity contribution in [2.24, 2.45) is 0 Å². The molecule has 0 heterocycles. The molecule has 0 amide bonds. The van der Waals surface area contributed by atoms with Gasteiger partial charge in [0.25, 0.3) is 0 Å². The third-order valence-corrected chi connectivity index (χ3v) is 6.24. The number of aryl methyl sites for hydroxylation is 3.